The standard InChI is InChI=1S/C19H22N4O2/c1-3-25-17-12-14(9-10-16(17)24-2)18-21-19(23-22-18)15(20)11-13-7-5-4-6-8-13/h4-10,12,15H,3,11,20H2,1-2H3,(H,21,22,23)/t15-/m0/s1. The molecule has 1 aromatic heterocycles. The van der Waals surface area contributed by atoms with Crippen LogP contribution in [0.3, 0.4) is 0 Å². The van der Waals surface area contributed by atoms with Gasteiger partial charge in [0.2, 0.25) is 0 Å². The van der Waals surface area contributed by atoms with Gasteiger partial charge >= 0.3 is 0 Å². The molecule has 0 aliphatic heterocycles. The summed E-state index contributed by atoms with van der Waals surface area (Å²) in [6.45, 7) is 2.49. The predicted octanol–water partition coefficient (Wildman–Crippen LogP) is 3.12. The van der Waals surface area contributed by atoms with E-state index in [1.807, 2.05) is 43.3 Å². The van der Waals surface area contributed by atoms with Crippen molar-refractivity contribution in [2.75, 3.05) is 13.7 Å². The van der Waals surface area contributed by atoms with Gasteiger partial charge in [-0.1, -0.05) is 30.3 Å². The van der Waals surface area contributed by atoms with E-state index in [0.717, 1.165) is 11.1 Å². The average Bonchev–Trinajstić information content (AvgIpc) is 3.13. The Morgan fingerprint density at radius 1 is 1.12 bits per heavy atom. The van der Waals surface area contributed by atoms with Crippen LogP contribution in [0, 0.1) is 0 Å². The SMILES string of the molecule is CCOc1cc(-c2n[nH]c([C@@H](N)Cc3ccccc3)n2)ccc1OC. The summed E-state index contributed by atoms with van der Waals surface area (Å²) in [5, 5.41) is 7.24. The van der Waals surface area contributed by atoms with E-state index in [1.54, 1.807) is 7.11 Å². The highest BCUT2D eigenvalue weighted by Gasteiger charge is 2.15. The normalized spacial score (nSPS) is 12.0. The summed E-state index contributed by atoms with van der Waals surface area (Å²) in [4.78, 5) is 4.55. The zero-order valence-corrected chi connectivity index (χ0v) is 14.4. The summed E-state index contributed by atoms with van der Waals surface area (Å²) >= 11 is 0. The number of rotatable bonds is 7. The van der Waals surface area contributed by atoms with Crippen molar-refractivity contribution in [1.29, 1.82) is 0 Å². The lowest BCUT2D eigenvalue weighted by Crippen LogP contribution is -2.15. The van der Waals surface area contributed by atoms with Gasteiger partial charge in [-0.3, -0.25) is 5.10 Å². The number of H-pyrrole nitrogens is 1. The Kier molecular flexibility index (Phi) is 5.30. The summed E-state index contributed by atoms with van der Waals surface area (Å²) in [6.07, 6.45) is 0.697. The first-order chi connectivity index (χ1) is 12.2. The minimum Gasteiger partial charge on any atom is -0.493 e. The lowest BCUT2D eigenvalue weighted by molar-refractivity contribution is 0.311. The quantitative estimate of drug-likeness (QED) is 0.691. The smallest absolute Gasteiger partial charge is 0.181 e. The van der Waals surface area contributed by atoms with Crippen LogP contribution in [0.15, 0.2) is 48.5 Å². The second-order valence-corrected chi connectivity index (χ2v) is 5.64. The molecule has 1 atom stereocenters. The molecule has 0 amide bonds. The van der Waals surface area contributed by atoms with Crippen molar-refractivity contribution in [3.8, 4) is 22.9 Å². The number of aromatic nitrogens is 3. The molecule has 6 nitrogen and oxygen atoms in total. The number of benzene rings is 2. The number of nitrogens with zero attached hydrogens (tertiary/aromatic N) is 2. The number of aromatic amines is 1. The highest BCUT2D eigenvalue weighted by molar-refractivity contribution is 5.61. The molecule has 3 rings (SSSR count). The van der Waals surface area contributed by atoms with Gasteiger partial charge in [0.15, 0.2) is 17.3 Å². The van der Waals surface area contributed by atoms with Crippen LogP contribution >= 0.6 is 0 Å². The Morgan fingerprint density at radius 3 is 2.64 bits per heavy atom. The molecular weight excluding hydrogens is 316 g/mol. The molecule has 0 aliphatic carbocycles. The predicted molar refractivity (Wildman–Crippen MR) is 96.6 cm³/mol. The van der Waals surface area contributed by atoms with Crippen LogP contribution in [0.5, 0.6) is 11.5 Å². The number of hydrogen-bond donors (Lipinski definition) is 2. The lowest BCUT2D eigenvalue weighted by Gasteiger charge is -2.10. The van der Waals surface area contributed by atoms with Crippen LogP contribution in [-0.2, 0) is 6.42 Å². The van der Waals surface area contributed by atoms with Gasteiger partial charge in [0.05, 0.1) is 19.8 Å². The Labute approximate surface area is 147 Å². The highest BCUT2D eigenvalue weighted by Crippen LogP contribution is 2.31. The van der Waals surface area contributed by atoms with Gasteiger partial charge in [0.25, 0.3) is 0 Å². The van der Waals surface area contributed by atoms with E-state index in [4.69, 9.17) is 15.2 Å². The molecule has 6 heteroatoms. The molecule has 25 heavy (non-hydrogen) atoms. The Bertz CT molecular complexity index is 817. The minimum absolute atomic E-state index is 0.242. The number of nitrogens with one attached hydrogen (secondary N) is 1. The molecule has 0 radical (unpaired) electrons. The van der Waals surface area contributed by atoms with E-state index >= 15 is 0 Å². The zero-order valence-electron chi connectivity index (χ0n) is 14.4. The molecule has 0 fully saturated rings. The molecule has 3 N–H and O–H groups in total. The summed E-state index contributed by atoms with van der Waals surface area (Å²) < 4.78 is 10.9. The monoisotopic (exact) mass is 338 g/mol. The molecule has 2 aromatic carbocycles. The first kappa shape index (κ1) is 17.0. The van der Waals surface area contributed by atoms with Crippen LogP contribution in [0.25, 0.3) is 11.4 Å². The molecule has 3 aromatic rings. The number of ether oxygens (including phenoxy) is 2. The van der Waals surface area contributed by atoms with E-state index < -0.39 is 0 Å². The molecule has 0 aliphatic rings. The van der Waals surface area contributed by atoms with Crippen LogP contribution < -0.4 is 15.2 Å². The van der Waals surface area contributed by atoms with Crippen molar-refractivity contribution < 1.29 is 9.47 Å². The minimum atomic E-state index is -0.242. The molecule has 1 heterocycles. The molecule has 0 unspecified atom stereocenters. The number of methoxy groups -OCH3 is 1. The fourth-order valence-electron chi connectivity index (χ4n) is 2.62. The third kappa shape index (κ3) is 3.97. The Balaban J connectivity index is 1.80. The zero-order chi connectivity index (χ0) is 17.6. The fraction of sp³-hybridized carbons (Fsp3) is 0.263. The maximum atomic E-state index is 6.26. The van der Waals surface area contributed by atoms with E-state index in [1.165, 1.54) is 0 Å². The number of nitrogens with two attached hydrogens (primary N) is 1. The van der Waals surface area contributed by atoms with Crippen molar-refractivity contribution >= 4 is 0 Å². The van der Waals surface area contributed by atoms with Crippen LogP contribution in [0.2, 0.25) is 0 Å². The van der Waals surface area contributed by atoms with Crippen molar-refractivity contribution in [2.24, 2.45) is 5.73 Å². The average molecular weight is 338 g/mol. The maximum absolute atomic E-state index is 6.26. The summed E-state index contributed by atoms with van der Waals surface area (Å²) in [6, 6.07) is 15.5. The van der Waals surface area contributed by atoms with Crippen LogP contribution in [-0.4, -0.2) is 28.9 Å². The van der Waals surface area contributed by atoms with Crippen molar-refractivity contribution in [3.63, 3.8) is 0 Å². The van der Waals surface area contributed by atoms with Crippen molar-refractivity contribution in [2.45, 2.75) is 19.4 Å². The van der Waals surface area contributed by atoms with Crippen molar-refractivity contribution in [3.05, 3.63) is 59.9 Å². The molecule has 0 spiro atoms. The van der Waals surface area contributed by atoms with Gasteiger partial charge in [0.1, 0.15) is 5.82 Å². The van der Waals surface area contributed by atoms with E-state index in [-0.39, 0.29) is 6.04 Å². The van der Waals surface area contributed by atoms with Gasteiger partial charge < -0.3 is 15.2 Å². The molecule has 0 saturated heterocycles. The highest BCUT2D eigenvalue weighted by atomic mass is 16.5. The van der Waals surface area contributed by atoms with Gasteiger partial charge in [-0.15, -0.1) is 0 Å². The number of hydrogen-bond acceptors (Lipinski definition) is 5. The topological polar surface area (TPSA) is 86.0 Å². The van der Waals surface area contributed by atoms with E-state index in [9.17, 15) is 0 Å². The molecule has 130 valence electrons. The fourth-order valence-corrected chi connectivity index (χ4v) is 2.62. The van der Waals surface area contributed by atoms with Gasteiger partial charge in [-0.2, -0.15) is 5.10 Å². The van der Waals surface area contributed by atoms with Crippen molar-refractivity contribution in [1.82, 2.24) is 15.2 Å². The first-order valence-electron chi connectivity index (χ1n) is 8.24. The Morgan fingerprint density at radius 2 is 1.92 bits per heavy atom. The summed E-state index contributed by atoms with van der Waals surface area (Å²) in [5.74, 6) is 2.60. The third-order valence-corrected chi connectivity index (χ3v) is 3.87. The van der Waals surface area contributed by atoms with E-state index in [0.29, 0.717) is 36.2 Å². The van der Waals surface area contributed by atoms with Gasteiger partial charge in [-0.05, 0) is 37.1 Å². The molecule has 0 bridgehead atoms. The lowest BCUT2D eigenvalue weighted by atomic mass is 10.1. The van der Waals surface area contributed by atoms with Crippen LogP contribution in [0.1, 0.15) is 24.4 Å². The second-order valence-electron chi connectivity index (χ2n) is 5.64. The Hall–Kier alpha value is -2.86. The third-order valence-electron chi connectivity index (χ3n) is 3.87. The summed E-state index contributed by atoms with van der Waals surface area (Å²) in [7, 11) is 1.62. The largest absolute Gasteiger partial charge is 0.493 e. The van der Waals surface area contributed by atoms with Gasteiger partial charge in [-0.25, -0.2) is 4.98 Å². The molecular formula is C19H22N4O2. The van der Waals surface area contributed by atoms with Gasteiger partial charge in [0, 0.05) is 5.56 Å². The molecule has 0 saturated carbocycles. The first-order valence-corrected chi connectivity index (χ1v) is 8.24. The van der Waals surface area contributed by atoms with E-state index in [2.05, 4.69) is 27.3 Å². The van der Waals surface area contributed by atoms with Crippen LogP contribution in [0.4, 0.5) is 0 Å². The maximum Gasteiger partial charge on any atom is 0.181 e. The summed E-state index contributed by atoms with van der Waals surface area (Å²) in [5.41, 5.74) is 8.27. The second kappa shape index (κ2) is 7.81.